The first-order chi connectivity index (χ1) is 13.0. The highest BCUT2D eigenvalue weighted by atomic mass is 127. The lowest BCUT2D eigenvalue weighted by Gasteiger charge is -2.16. The summed E-state index contributed by atoms with van der Waals surface area (Å²) in [6.07, 6.45) is 3.84. The summed E-state index contributed by atoms with van der Waals surface area (Å²) in [6.45, 7) is 10.0. The highest BCUT2D eigenvalue weighted by Crippen LogP contribution is 2.20. The largest absolute Gasteiger partial charge is 0.493 e. The number of hydrogen-bond acceptors (Lipinski definition) is 3. The van der Waals surface area contributed by atoms with Crippen LogP contribution in [-0.2, 0) is 11.3 Å². The molecule has 1 aromatic carbocycles. The minimum absolute atomic E-state index is 0. The molecule has 1 rings (SSSR count). The number of ether oxygens (including phenoxy) is 1. The second kappa shape index (κ2) is 15.4. The van der Waals surface area contributed by atoms with Gasteiger partial charge in [0.15, 0.2) is 5.96 Å². The second-order valence-electron chi connectivity index (χ2n) is 6.99. The maximum absolute atomic E-state index is 11.7. The molecule has 3 N–H and O–H groups in total. The number of aliphatic imine (C=N–C) groups is 1. The fourth-order valence-electron chi connectivity index (χ4n) is 2.56. The molecule has 0 saturated heterocycles. The number of guanidine groups is 1. The van der Waals surface area contributed by atoms with Crippen molar-refractivity contribution in [3.05, 3.63) is 29.3 Å². The van der Waals surface area contributed by atoms with E-state index in [1.165, 1.54) is 18.4 Å². The van der Waals surface area contributed by atoms with Gasteiger partial charge in [-0.2, -0.15) is 0 Å². The van der Waals surface area contributed by atoms with E-state index in [4.69, 9.17) is 4.74 Å². The normalized spacial score (nSPS) is 11.0. The third-order valence-electron chi connectivity index (χ3n) is 3.99. The Morgan fingerprint density at radius 2 is 1.96 bits per heavy atom. The quantitative estimate of drug-likeness (QED) is 0.186. The molecular weight excluding hydrogens is 467 g/mol. The van der Waals surface area contributed by atoms with Crippen molar-refractivity contribution in [2.45, 2.75) is 66.0 Å². The number of nitrogens with zero attached hydrogens (tertiary/aromatic N) is 1. The van der Waals surface area contributed by atoms with Crippen LogP contribution in [-0.4, -0.2) is 38.1 Å². The molecule has 0 heterocycles. The van der Waals surface area contributed by atoms with Crippen LogP contribution in [0.2, 0.25) is 0 Å². The first-order valence-electron chi connectivity index (χ1n) is 9.92. The number of aryl methyl sites for hydroxylation is 1. The third-order valence-corrected chi connectivity index (χ3v) is 3.99. The zero-order valence-corrected chi connectivity index (χ0v) is 20.3. The Morgan fingerprint density at radius 1 is 1.21 bits per heavy atom. The number of halogens is 1. The topological polar surface area (TPSA) is 74.8 Å². The number of amides is 1. The first kappa shape index (κ1) is 26.5. The van der Waals surface area contributed by atoms with Crippen LogP contribution in [0.5, 0.6) is 5.75 Å². The van der Waals surface area contributed by atoms with Gasteiger partial charge in [-0.1, -0.05) is 31.9 Å². The van der Waals surface area contributed by atoms with Crippen LogP contribution in [0.15, 0.2) is 23.2 Å². The first-order valence-corrected chi connectivity index (χ1v) is 9.92. The van der Waals surface area contributed by atoms with Gasteiger partial charge >= 0.3 is 0 Å². The number of unbranched alkanes of at least 4 members (excludes halogenated alkanes) is 2. The lowest BCUT2D eigenvalue weighted by molar-refractivity contribution is -0.121. The number of carbonyl (C=O) groups is 1. The number of nitrogens with one attached hydrogen (secondary N) is 3. The summed E-state index contributed by atoms with van der Waals surface area (Å²) in [4.78, 5) is 15.9. The number of hydrogen-bond donors (Lipinski definition) is 3. The van der Waals surface area contributed by atoms with Crippen molar-refractivity contribution in [2.24, 2.45) is 4.99 Å². The van der Waals surface area contributed by atoms with Gasteiger partial charge < -0.3 is 20.7 Å². The predicted molar refractivity (Wildman–Crippen MR) is 128 cm³/mol. The monoisotopic (exact) mass is 504 g/mol. The average molecular weight is 504 g/mol. The van der Waals surface area contributed by atoms with Crippen molar-refractivity contribution in [1.29, 1.82) is 0 Å². The van der Waals surface area contributed by atoms with Crippen molar-refractivity contribution in [3.63, 3.8) is 0 Å². The Balaban J connectivity index is 0.00000729. The van der Waals surface area contributed by atoms with Gasteiger partial charge in [-0.3, -0.25) is 9.79 Å². The molecule has 0 aliphatic rings. The lowest BCUT2D eigenvalue weighted by atomic mass is 10.1. The molecule has 0 aromatic heterocycles. The third kappa shape index (κ3) is 11.4. The van der Waals surface area contributed by atoms with Gasteiger partial charge in [-0.15, -0.1) is 24.0 Å². The molecule has 160 valence electrons. The molecule has 0 atom stereocenters. The van der Waals surface area contributed by atoms with Crippen molar-refractivity contribution in [2.75, 3.05) is 20.2 Å². The van der Waals surface area contributed by atoms with Gasteiger partial charge in [-0.05, 0) is 38.8 Å². The maximum atomic E-state index is 11.7. The Bertz CT molecular complexity index is 606. The van der Waals surface area contributed by atoms with Gasteiger partial charge in [-0.25, -0.2) is 0 Å². The fourth-order valence-corrected chi connectivity index (χ4v) is 2.56. The molecule has 0 saturated carbocycles. The molecule has 0 unspecified atom stereocenters. The average Bonchev–Trinajstić information content (AvgIpc) is 2.62. The van der Waals surface area contributed by atoms with Gasteiger partial charge in [0.1, 0.15) is 5.75 Å². The smallest absolute Gasteiger partial charge is 0.221 e. The van der Waals surface area contributed by atoms with Gasteiger partial charge in [0, 0.05) is 38.2 Å². The molecule has 0 bridgehead atoms. The molecular formula is C21H37IN4O2. The van der Waals surface area contributed by atoms with Crippen LogP contribution in [0, 0.1) is 6.92 Å². The Morgan fingerprint density at radius 3 is 2.61 bits per heavy atom. The highest BCUT2D eigenvalue weighted by molar-refractivity contribution is 14.0. The standard InChI is InChI=1S/C21H36N4O2.HI/c1-6-7-8-13-27-19-14-17(4)9-10-18(19)15-24-21(22-5)23-12-11-20(26)25-16(2)3;/h9-10,14,16H,6-8,11-13,15H2,1-5H3,(H,25,26)(H2,22,23,24);1H. The number of rotatable bonds is 11. The summed E-state index contributed by atoms with van der Waals surface area (Å²) in [5.41, 5.74) is 2.28. The summed E-state index contributed by atoms with van der Waals surface area (Å²) in [7, 11) is 1.72. The molecule has 0 aliphatic heterocycles. The summed E-state index contributed by atoms with van der Waals surface area (Å²) < 4.78 is 5.98. The molecule has 0 fully saturated rings. The van der Waals surface area contributed by atoms with E-state index >= 15 is 0 Å². The van der Waals surface area contributed by atoms with Crippen molar-refractivity contribution in [3.8, 4) is 5.75 Å². The predicted octanol–water partition coefficient (Wildman–Crippen LogP) is 3.76. The van der Waals surface area contributed by atoms with Crippen molar-refractivity contribution < 1.29 is 9.53 Å². The Kier molecular flexibility index (Phi) is 14.6. The second-order valence-corrected chi connectivity index (χ2v) is 6.99. The van der Waals surface area contributed by atoms with E-state index in [0.717, 1.165) is 24.3 Å². The van der Waals surface area contributed by atoms with Crippen LogP contribution in [0.4, 0.5) is 0 Å². The molecule has 1 amide bonds. The lowest BCUT2D eigenvalue weighted by Crippen LogP contribution is -2.39. The van der Waals surface area contributed by atoms with Crippen LogP contribution >= 0.6 is 24.0 Å². The van der Waals surface area contributed by atoms with Crippen LogP contribution in [0.25, 0.3) is 0 Å². The maximum Gasteiger partial charge on any atom is 0.221 e. The van der Waals surface area contributed by atoms with Crippen molar-refractivity contribution >= 4 is 35.8 Å². The summed E-state index contributed by atoms with van der Waals surface area (Å²) in [5, 5.41) is 9.34. The molecule has 1 aromatic rings. The van der Waals surface area contributed by atoms with Gasteiger partial charge in [0.2, 0.25) is 5.91 Å². The fraction of sp³-hybridized carbons (Fsp3) is 0.619. The molecule has 7 heteroatoms. The molecule has 0 aliphatic carbocycles. The number of carbonyl (C=O) groups excluding carboxylic acids is 1. The van der Waals surface area contributed by atoms with E-state index < -0.39 is 0 Å². The Labute approximate surface area is 187 Å². The van der Waals surface area contributed by atoms with Crippen LogP contribution < -0.4 is 20.7 Å². The van der Waals surface area contributed by atoms with Crippen LogP contribution in [0.1, 0.15) is 57.6 Å². The Hall–Kier alpha value is -1.51. The van der Waals surface area contributed by atoms with E-state index in [2.05, 4.69) is 53.0 Å². The summed E-state index contributed by atoms with van der Waals surface area (Å²) >= 11 is 0. The van der Waals surface area contributed by atoms with E-state index in [1.54, 1.807) is 7.05 Å². The summed E-state index contributed by atoms with van der Waals surface area (Å²) in [6, 6.07) is 6.41. The number of benzene rings is 1. The van der Waals surface area contributed by atoms with Gasteiger partial charge in [0.25, 0.3) is 0 Å². The minimum Gasteiger partial charge on any atom is -0.493 e. The summed E-state index contributed by atoms with van der Waals surface area (Å²) in [5.74, 6) is 1.63. The molecule has 0 spiro atoms. The minimum atomic E-state index is 0. The van der Waals surface area contributed by atoms with Gasteiger partial charge in [0.05, 0.1) is 6.61 Å². The molecule has 28 heavy (non-hydrogen) atoms. The highest BCUT2D eigenvalue weighted by Gasteiger charge is 2.07. The van der Waals surface area contributed by atoms with E-state index in [-0.39, 0.29) is 35.9 Å². The van der Waals surface area contributed by atoms with Crippen LogP contribution in [0.3, 0.4) is 0 Å². The SMILES string of the molecule is CCCCCOc1cc(C)ccc1CNC(=NC)NCCC(=O)NC(C)C.I. The van der Waals surface area contributed by atoms with E-state index in [0.29, 0.717) is 25.5 Å². The van der Waals surface area contributed by atoms with Crippen molar-refractivity contribution in [1.82, 2.24) is 16.0 Å². The zero-order valence-electron chi connectivity index (χ0n) is 17.9. The zero-order chi connectivity index (χ0) is 20.1. The molecule has 6 nitrogen and oxygen atoms in total. The molecule has 0 radical (unpaired) electrons. The van der Waals surface area contributed by atoms with E-state index in [9.17, 15) is 4.79 Å². The van der Waals surface area contributed by atoms with E-state index in [1.807, 2.05) is 13.8 Å².